The molecule has 0 saturated heterocycles. The molecule has 16 valence electrons. The van der Waals surface area contributed by atoms with E-state index in [9.17, 15) is 0 Å². The third kappa shape index (κ3) is 8.96. The molecule has 0 aliphatic carbocycles. The minimum Gasteiger partial charge on any atom is 4.00 e. The molecule has 0 bridgehead atoms. The molecule has 0 nitrogen and oxygen atoms in total. The van der Waals surface area contributed by atoms with Crippen molar-refractivity contribution in [2.24, 2.45) is 0 Å². The fourth-order valence-electron chi connectivity index (χ4n) is 0. The van der Waals surface area contributed by atoms with Gasteiger partial charge in [0.05, 0.1) is 0 Å². The smallest absolute Gasteiger partial charge is 4.00 e. The molecular weight excluding hydrogens is 344 g/mol. The molecule has 0 heterocycles. The number of rotatable bonds is 0. The van der Waals surface area contributed by atoms with Crippen molar-refractivity contribution in [3.05, 3.63) is 0 Å². The summed E-state index contributed by atoms with van der Waals surface area (Å²) in [6, 6.07) is 0. The first-order valence-corrected chi connectivity index (χ1v) is 14.1. The van der Waals surface area contributed by atoms with Gasteiger partial charge in [-0.3, -0.25) is 0 Å². The van der Waals surface area contributed by atoms with E-state index in [1.807, 2.05) is 0 Å². The topological polar surface area (TPSA) is 0 Å². The van der Waals surface area contributed by atoms with Crippen molar-refractivity contribution in [2.45, 2.75) is 0 Å². The molecule has 4 heteroatoms. The number of hydrogen-bond donors (Lipinski definition) is 0. The summed E-state index contributed by atoms with van der Waals surface area (Å²) in [4.78, 5) is 0. The second-order valence-electron chi connectivity index (χ2n) is 0.101. The van der Waals surface area contributed by atoms with Gasteiger partial charge in [0.1, 0.15) is 0 Å². The molecule has 0 amide bonds. The SMILES string of the molecule is [Cl][Hg][Cl].[Ge+4]. The van der Waals surface area contributed by atoms with Gasteiger partial charge in [-0.15, -0.1) is 0 Å². The van der Waals surface area contributed by atoms with Gasteiger partial charge in [0.25, 0.3) is 0 Å². The Morgan fingerprint density at radius 3 is 1.25 bits per heavy atom. The van der Waals surface area contributed by atoms with Gasteiger partial charge >= 0.3 is 56.2 Å². The van der Waals surface area contributed by atoms with Crippen molar-refractivity contribution in [3.8, 4) is 0 Å². The predicted octanol–water partition coefficient (Wildman–Crippen LogP) is 0.996. The van der Waals surface area contributed by atoms with Gasteiger partial charge in [-0.1, -0.05) is 0 Å². The standard InChI is InChI=1S/2ClH.Ge.Hg/h2*1H;;/q;;+4;+2/p-2. The summed E-state index contributed by atoms with van der Waals surface area (Å²) in [5.74, 6) is 0. The Bertz CT molecular complexity index is 6.00. The van der Waals surface area contributed by atoms with E-state index in [1.54, 1.807) is 0 Å². The van der Waals surface area contributed by atoms with E-state index in [2.05, 4.69) is 0 Å². The second kappa shape index (κ2) is 8.91. The summed E-state index contributed by atoms with van der Waals surface area (Å²) in [6.45, 7) is 0. The Labute approximate surface area is 55.5 Å². The van der Waals surface area contributed by atoms with Crippen LogP contribution in [0.5, 0.6) is 0 Å². The molecule has 0 aromatic heterocycles. The predicted molar refractivity (Wildman–Crippen MR) is 17.5 cm³/mol. The number of hydrogen-bond acceptors (Lipinski definition) is 0. The Balaban J connectivity index is 0. The van der Waals surface area contributed by atoms with Crippen LogP contribution in [-0.4, -0.2) is 17.6 Å². The molecule has 0 fully saturated rings. The Hall–Kier alpha value is 2.06. The summed E-state index contributed by atoms with van der Waals surface area (Å²) in [5.41, 5.74) is 0. The van der Waals surface area contributed by atoms with Gasteiger partial charge < -0.3 is 0 Å². The molecule has 0 aromatic rings. The molecule has 0 aromatic carbocycles. The quantitative estimate of drug-likeness (QED) is 0.575. The molecule has 0 unspecified atom stereocenters. The van der Waals surface area contributed by atoms with Crippen LogP contribution in [0.25, 0.3) is 0 Å². The minimum atomic E-state index is -1.14. The van der Waals surface area contributed by atoms with Crippen LogP contribution in [0.15, 0.2) is 0 Å². The van der Waals surface area contributed by atoms with Crippen LogP contribution in [0.1, 0.15) is 0 Å². The summed E-state index contributed by atoms with van der Waals surface area (Å²) >= 11 is -1.14. The molecular formula is Cl2GeHg+4. The molecule has 0 atom stereocenters. The fraction of sp³-hybridized carbons (Fsp3) is 0. The summed E-state index contributed by atoms with van der Waals surface area (Å²) in [6.07, 6.45) is 0. The van der Waals surface area contributed by atoms with Gasteiger partial charge in [0, 0.05) is 0 Å². The fourth-order valence-corrected chi connectivity index (χ4v) is 0. The van der Waals surface area contributed by atoms with Crippen molar-refractivity contribution in [1.29, 1.82) is 0 Å². The van der Waals surface area contributed by atoms with Gasteiger partial charge in [-0.2, -0.15) is 0 Å². The maximum Gasteiger partial charge on any atom is 4.00 e. The normalized spacial score (nSPS) is 2.50. The molecule has 0 saturated carbocycles. The van der Waals surface area contributed by atoms with Crippen LogP contribution >= 0.6 is 16.5 Å². The third-order valence-electron chi connectivity index (χ3n) is 0. The van der Waals surface area contributed by atoms with Crippen LogP contribution in [-0.2, 0) is 22.1 Å². The van der Waals surface area contributed by atoms with E-state index >= 15 is 0 Å². The maximum atomic E-state index is 4.99. The van der Waals surface area contributed by atoms with Crippen LogP contribution in [0.3, 0.4) is 0 Å². The largest absolute Gasteiger partial charge is 4.00 e. The molecule has 4 heavy (non-hydrogen) atoms. The van der Waals surface area contributed by atoms with Crippen molar-refractivity contribution in [2.75, 3.05) is 0 Å². The van der Waals surface area contributed by atoms with Crippen molar-refractivity contribution in [3.63, 3.8) is 0 Å². The van der Waals surface area contributed by atoms with Gasteiger partial charge in [0.2, 0.25) is 0 Å². The van der Waals surface area contributed by atoms with E-state index in [4.69, 9.17) is 16.5 Å². The van der Waals surface area contributed by atoms with Gasteiger partial charge in [-0.05, 0) is 0 Å². The summed E-state index contributed by atoms with van der Waals surface area (Å²) in [5, 5.41) is 0. The van der Waals surface area contributed by atoms with E-state index in [0.29, 0.717) is 0 Å². The Kier molecular flexibility index (Phi) is 21.0. The van der Waals surface area contributed by atoms with Crippen LogP contribution in [0, 0.1) is 0 Å². The summed E-state index contributed by atoms with van der Waals surface area (Å²) in [7, 11) is 9.97. The third-order valence-corrected chi connectivity index (χ3v) is 0. The van der Waals surface area contributed by atoms with Gasteiger partial charge in [0.15, 0.2) is 0 Å². The van der Waals surface area contributed by atoms with Crippen molar-refractivity contribution in [1.82, 2.24) is 0 Å². The monoisotopic (exact) mass is 346 g/mol. The average molecular weight is 344 g/mol. The Morgan fingerprint density at radius 1 is 1.25 bits per heavy atom. The molecule has 0 aliphatic heterocycles. The maximum absolute atomic E-state index is 4.99. The zero-order valence-electron chi connectivity index (χ0n) is 1.96. The van der Waals surface area contributed by atoms with Gasteiger partial charge in [-0.25, -0.2) is 0 Å². The van der Waals surface area contributed by atoms with Crippen molar-refractivity contribution >= 4 is 34.1 Å². The van der Waals surface area contributed by atoms with E-state index in [-0.39, 0.29) is 17.6 Å². The molecule has 0 N–H and O–H groups in total. The zero-order chi connectivity index (χ0) is 2.71. The average Bonchev–Trinajstić information content (AvgIpc) is 0.918. The molecule has 0 aliphatic rings. The van der Waals surface area contributed by atoms with E-state index in [1.165, 1.54) is 0 Å². The van der Waals surface area contributed by atoms with E-state index in [0.717, 1.165) is 0 Å². The first kappa shape index (κ1) is 9.41. The number of halogens is 2. The zero-order valence-corrected chi connectivity index (χ0v) is 11.1. The molecule has 0 radical (unpaired) electrons. The van der Waals surface area contributed by atoms with E-state index < -0.39 is 22.1 Å². The van der Waals surface area contributed by atoms with Crippen LogP contribution < -0.4 is 0 Å². The molecule has 0 spiro atoms. The molecule has 0 rings (SSSR count). The second-order valence-corrected chi connectivity index (χ2v) is 7.98. The summed E-state index contributed by atoms with van der Waals surface area (Å²) < 4.78 is 0. The minimum absolute atomic E-state index is 0. The van der Waals surface area contributed by atoms with Crippen LogP contribution in [0.2, 0.25) is 0 Å². The Morgan fingerprint density at radius 2 is 1.25 bits per heavy atom. The van der Waals surface area contributed by atoms with Crippen molar-refractivity contribution < 1.29 is 22.1 Å². The first-order valence-electron chi connectivity index (χ1n) is 0.535. The first-order chi connectivity index (χ1) is 1.41. The van der Waals surface area contributed by atoms with Crippen LogP contribution in [0.4, 0.5) is 0 Å².